The molecule has 10 nitrogen and oxygen atoms in total. The predicted octanol–water partition coefficient (Wildman–Crippen LogP) is 2.95. The lowest BCUT2D eigenvalue weighted by molar-refractivity contribution is -0.304. The number of carbonyl (C=O) groups is 1. The fraction of sp³-hybridized carbons (Fsp3) is 0.483. The number of ether oxygens (including phenoxy) is 4. The van der Waals surface area contributed by atoms with Gasteiger partial charge in [0.25, 0.3) is 0 Å². The summed E-state index contributed by atoms with van der Waals surface area (Å²) in [5.74, 6) is -1.16. The summed E-state index contributed by atoms with van der Waals surface area (Å²) in [6, 6.07) is 9.33. The highest BCUT2D eigenvalue weighted by Gasteiger charge is 2.45. The van der Waals surface area contributed by atoms with Crippen LogP contribution >= 0.6 is 0 Å². The molecule has 2 aliphatic rings. The van der Waals surface area contributed by atoms with Crippen LogP contribution in [0.3, 0.4) is 0 Å². The lowest BCUT2D eigenvalue weighted by Crippen LogP contribution is -2.60. The summed E-state index contributed by atoms with van der Waals surface area (Å²) in [4.78, 5) is 12.1. The Bertz CT molecular complexity index is 1090. The number of aliphatic hydroxyl groups is 2. The van der Waals surface area contributed by atoms with Crippen molar-refractivity contribution < 1.29 is 49.3 Å². The molecule has 5 atom stereocenters. The summed E-state index contributed by atoms with van der Waals surface area (Å²) in [5.41, 5.74) is 2.05. The molecular weight excluding hydrogens is 508 g/mol. The quantitative estimate of drug-likeness (QED) is 0.180. The molecule has 1 saturated heterocycles. The van der Waals surface area contributed by atoms with Gasteiger partial charge in [0.1, 0.15) is 36.8 Å². The van der Waals surface area contributed by atoms with Crippen molar-refractivity contribution >= 4 is 12.0 Å². The van der Waals surface area contributed by atoms with Gasteiger partial charge in [-0.05, 0) is 54.3 Å². The van der Waals surface area contributed by atoms with E-state index in [-0.39, 0.29) is 30.5 Å². The van der Waals surface area contributed by atoms with Crippen LogP contribution in [0.1, 0.15) is 42.4 Å². The topological polar surface area (TPSA) is 155 Å². The maximum atomic E-state index is 12.1. The third kappa shape index (κ3) is 8.94. The van der Waals surface area contributed by atoms with Gasteiger partial charge in [-0.1, -0.05) is 43.9 Å². The molecule has 5 N–H and O–H groups in total. The van der Waals surface area contributed by atoms with Gasteiger partial charge in [-0.15, -0.1) is 0 Å². The van der Waals surface area contributed by atoms with Gasteiger partial charge in [0.05, 0.1) is 6.61 Å². The van der Waals surface area contributed by atoms with Crippen molar-refractivity contribution in [3.63, 3.8) is 0 Å². The highest BCUT2D eigenvalue weighted by molar-refractivity contribution is 5.87. The van der Waals surface area contributed by atoms with Crippen molar-refractivity contribution in [3.8, 4) is 17.2 Å². The number of hydrogen-bond donors (Lipinski definition) is 5. The molecule has 2 aromatic carbocycles. The summed E-state index contributed by atoms with van der Waals surface area (Å²) in [7, 11) is 1.33. The van der Waals surface area contributed by atoms with Crippen LogP contribution in [-0.2, 0) is 30.2 Å². The maximum Gasteiger partial charge on any atom is 0.330 e. The van der Waals surface area contributed by atoms with Crippen molar-refractivity contribution in [1.29, 1.82) is 0 Å². The Labute approximate surface area is 228 Å². The molecule has 4 rings (SSSR count). The van der Waals surface area contributed by atoms with Crippen LogP contribution in [0.4, 0.5) is 0 Å². The molecule has 10 heteroatoms. The first kappa shape index (κ1) is 30.4. The van der Waals surface area contributed by atoms with Crippen LogP contribution in [0.5, 0.6) is 17.2 Å². The number of methoxy groups -OCH3 is 1. The van der Waals surface area contributed by atoms with E-state index in [0.29, 0.717) is 12.0 Å². The first-order valence-electron chi connectivity index (χ1n) is 13.0. The third-order valence-corrected chi connectivity index (χ3v) is 6.66. The zero-order valence-corrected chi connectivity index (χ0v) is 22.2. The Morgan fingerprint density at radius 2 is 1.69 bits per heavy atom. The first-order chi connectivity index (χ1) is 18.7. The Morgan fingerprint density at radius 1 is 0.974 bits per heavy atom. The average Bonchev–Trinajstić information content (AvgIpc) is 2.87. The number of phenolic OH excluding ortho intramolecular Hbond substituents is 3. The van der Waals surface area contributed by atoms with Gasteiger partial charge in [-0.2, -0.15) is 0 Å². The number of esters is 1. The van der Waals surface area contributed by atoms with E-state index < -0.39 is 36.7 Å². The molecule has 1 heterocycles. The number of rotatable bonds is 9. The molecule has 0 aromatic heterocycles. The van der Waals surface area contributed by atoms with Crippen LogP contribution < -0.4 is 0 Å². The van der Waals surface area contributed by atoms with Gasteiger partial charge in [-0.25, -0.2) is 4.79 Å². The maximum absolute atomic E-state index is 12.1. The molecule has 1 aliphatic heterocycles. The molecular formula is C29H38O10. The summed E-state index contributed by atoms with van der Waals surface area (Å²) in [5, 5.41) is 49.7. The SMILES string of the molecule is C1CCC1.CO[C@@H]1[C@H](O)[C@H](OCCc2ccc(C)c(O)c2)O[C@@H](COC(=O)/C=C/c2ccc(O)c(O)c2)[C@H]1O. The first-order valence-corrected chi connectivity index (χ1v) is 13.0. The fourth-order valence-corrected chi connectivity index (χ4v) is 3.83. The average molecular weight is 547 g/mol. The molecule has 2 aromatic rings. The molecule has 0 radical (unpaired) electrons. The molecule has 39 heavy (non-hydrogen) atoms. The van der Waals surface area contributed by atoms with E-state index in [1.165, 1.54) is 57.1 Å². The zero-order valence-electron chi connectivity index (χ0n) is 22.2. The largest absolute Gasteiger partial charge is 0.508 e. The van der Waals surface area contributed by atoms with Crippen LogP contribution in [-0.4, -0.2) is 82.5 Å². The molecule has 0 spiro atoms. The third-order valence-electron chi connectivity index (χ3n) is 6.66. The second kappa shape index (κ2) is 14.9. The van der Waals surface area contributed by atoms with Crippen molar-refractivity contribution in [2.75, 3.05) is 20.3 Å². The van der Waals surface area contributed by atoms with Gasteiger partial charge in [0.15, 0.2) is 17.8 Å². The minimum Gasteiger partial charge on any atom is -0.508 e. The number of aryl methyl sites for hydroxylation is 1. The second-order valence-corrected chi connectivity index (χ2v) is 9.59. The number of aromatic hydroxyl groups is 3. The van der Waals surface area contributed by atoms with Gasteiger partial charge in [0.2, 0.25) is 0 Å². The summed E-state index contributed by atoms with van der Waals surface area (Å²) in [6.07, 6.45) is 3.19. The Kier molecular flexibility index (Phi) is 11.6. The number of carbonyl (C=O) groups excluding carboxylic acids is 1. The zero-order chi connectivity index (χ0) is 28.4. The van der Waals surface area contributed by atoms with Crippen molar-refractivity contribution in [1.82, 2.24) is 0 Å². The van der Waals surface area contributed by atoms with Crippen LogP contribution in [0.15, 0.2) is 42.5 Å². The summed E-state index contributed by atoms with van der Waals surface area (Å²) >= 11 is 0. The van der Waals surface area contributed by atoms with E-state index in [1.807, 2.05) is 6.07 Å². The lowest BCUT2D eigenvalue weighted by Gasteiger charge is -2.41. The molecule has 214 valence electrons. The fourth-order valence-electron chi connectivity index (χ4n) is 3.83. The van der Waals surface area contributed by atoms with E-state index >= 15 is 0 Å². The minimum atomic E-state index is -1.28. The molecule has 0 bridgehead atoms. The van der Waals surface area contributed by atoms with Crippen molar-refractivity contribution in [3.05, 3.63) is 59.2 Å². The molecule has 2 fully saturated rings. The normalized spacial score (nSPS) is 24.5. The van der Waals surface area contributed by atoms with E-state index in [4.69, 9.17) is 18.9 Å². The van der Waals surface area contributed by atoms with Crippen LogP contribution in [0, 0.1) is 6.92 Å². The molecule has 1 aliphatic carbocycles. The van der Waals surface area contributed by atoms with E-state index in [2.05, 4.69) is 0 Å². The monoisotopic (exact) mass is 546 g/mol. The molecule has 0 amide bonds. The van der Waals surface area contributed by atoms with Gasteiger partial charge < -0.3 is 44.5 Å². The number of benzene rings is 2. The van der Waals surface area contributed by atoms with Gasteiger partial charge >= 0.3 is 5.97 Å². The van der Waals surface area contributed by atoms with Gasteiger partial charge in [-0.3, -0.25) is 0 Å². The number of aliphatic hydroxyl groups excluding tert-OH is 2. The van der Waals surface area contributed by atoms with E-state index in [1.54, 1.807) is 19.1 Å². The van der Waals surface area contributed by atoms with E-state index in [0.717, 1.165) is 17.2 Å². The Morgan fingerprint density at radius 3 is 2.31 bits per heavy atom. The number of phenols is 3. The highest BCUT2D eigenvalue weighted by atomic mass is 16.7. The Hall–Kier alpha value is -3.15. The summed E-state index contributed by atoms with van der Waals surface area (Å²) in [6.45, 7) is 1.62. The van der Waals surface area contributed by atoms with E-state index in [9.17, 15) is 30.3 Å². The number of hydrogen-bond acceptors (Lipinski definition) is 10. The summed E-state index contributed by atoms with van der Waals surface area (Å²) < 4.78 is 21.7. The lowest BCUT2D eigenvalue weighted by atomic mass is 9.99. The second-order valence-electron chi connectivity index (χ2n) is 9.59. The smallest absolute Gasteiger partial charge is 0.330 e. The Balaban J connectivity index is 0.000000960. The molecule has 0 unspecified atom stereocenters. The standard InChI is InChI=1S/C25H30O10.C4H8/c1-14-3-4-16(11-18(14)27)9-10-33-25-23(31)24(32-2)22(30)20(35-25)13-34-21(29)8-6-15-5-7-17(26)19(28)12-15;1-2-4-3-1/h3-8,11-12,20,22-28,30-31H,9-10,13H2,1-2H3;1-4H2/b8-6+;/t20-,22+,23-,24-,25+;/m0./s1. The minimum absolute atomic E-state index is 0.158. The van der Waals surface area contributed by atoms with Crippen molar-refractivity contribution in [2.45, 2.75) is 69.7 Å². The highest BCUT2D eigenvalue weighted by Crippen LogP contribution is 2.26. The van der Waals surface area contributed by atoms with Crippen LogP contribution in [0.25, 0.3) is 6.08 Å². The molecule has 1 saturated carbocycles. The van der Waals surface area contributed by atoms with Gasteiger partial charge in [0, 0.05) is 13.2 Å². The predicted molar refractivity (Wildman–Crippen MR) is 142 cm³/mol. The van der Waals surface area contributed by atoms with Crippen LogP contribution in [0.2, 0.25) is 0 Å². The van der Waals surface area contributed by atoms with Crippen molar-refractivity contribution in [2.24, 2.45) is 0 Å².